The molecule has 1 atom stereocenters. The molecule has 0 radical (unpaired) electrons. The maximum Gasteiger partial charge on any atom is 0.0425 e. The lowest BCUT2D eigenvalue weighted by molar-refractivity contribution is 0.254. The summed E-state index contributed by atoms with van der Waals surface area (Å²) in [5.41, 5.74) is 6.75. The van der Waals surface area contributed by atoms with E-state index in [9.17, 15) is 0 Å². The number of hydrogen-bond acceptors (Lipinski definition) is 0. The van der Waals surface area contributed by atoms with Crippen LogP contribution in [0.5, 0.6) is 0 Å². The Bertz CT molecular complexity index is 902. The van der Waals surface area contributed by atoms with Gasteiger partial charge in [0, 0.05) is 16.7 Å². The van der Waals surface area contributed by atoms with Gasteiger partial charge in [-0.1, -0.05) is 109 Å². The van der Waals surface area contributed by atoms with Gasteiger partial charge in [0.2, 0.25) is 0 Å². The molecule has 0 spiro atoms. The summed E-state index contributed by atoms with van der Waals surface area (Å²) in [5.74, 6) is 0.303. The number of rotatable bonds is 4. The second kappa shape index (κ2) is 6.53. The Morgan fingerprint density at radius 1 is 0.741 bits per heavy atom. The molecule has 0 fully saturated rings. The van der Waals surface area contributed by atoms with Crippen LogP contribution in [-0.4, -0.2) is 0 Å². The molecule has 2 aromatic carbocycles. The molecule has 2 aliphatic carbocycles. The van der Waals surface area contributed by atoms with Gasteiger partial charge in [-0.25, -0.2) is 0 Å². The molecule has 0 saturated carbocycles. The predicted octanol–water partition coefficient (Wildman–Crippen LogP) is 7.02. The Labute approximate surface area is 163 Å². The monoisotopic (exact) mass is 352 g/mol. The van der Waals surface area contributed by atoms with Gasteiger partial charge in [-0.05, 0) is 37.5 Å². The van der Waals surface area contributed by atoms with Crippen LogP contribution in [0.1, 0.15) is 38.8 Å². The largest absolute Gasteiger partial charge is 0.0763 e. The summed E-state index contributed by atoms with van der Waals surface area (Å²) in [6.07, 6.45) is 11.7. The van der Waals surface area contributed by atoms with E-state index in [0.29, 0.717) is 5.92 Å². The highest BCUT2D eigenvalue weighted by molar-refractivity contribution is 5.58. The lowest BCUT2D eigenvalue weighted by atomic mass is 9.50. The highest BCUT2D eigenvalue weighted by atomic mass is 14.6. The highest BCUT2D eigenvalue weighted by Crippen LogP contribution is 2.61. The van der Waals surface area contributed by atoms with Crippen LogP contribution in [0.15, 0.2) is 108 Å². The summed E-state index contributed by atoms with van der Waals surface area (Å²) in [5, 5.41) is 0. The Hall–Kier alpha value is -2.60. The van der Waals surface area contributed by atoms with Crippen molar-refractivity contribution >= 4 is 0 Å². The van der Waals surface area contributed by atoms with Crippen molar-refractivity contribution < 1.29 is 0 Å². The first-order valence-electron chi connectivity index (χ1n) is 9.85. The zero-order chi connectivity index (χ0) is 19.1. The van der Waals surface area contributed by atoms with Crippen molar-refractivity contribution in [2.45, 2.75) is 33.1 Å². The zero-order valence-electron chi connectivity index (χ0n) is 16.7. The smallest absolute Gasteiger partial charge is 0.0425 e. The average Bonchev–Trinajstić information content (AvgIpc) is 3.29. The van der Waals surface area contributed by atoms with Crippen molar-refractivity contribution in [3.63, 3.8) is 0 Å². The maximum absolute atomic E-state index is 2.51. The molecule has 27 heavy (non-hydrogen) atoms. The Morgan fingerprint density at radius 3 is 1.63 bits per heavy atom. The molecule has 0 saturated heterocycles. The zero-order valence-corrected chi connectivity index (χ0v) is 16.7. The predicted molar refractivity (Wildman–Crippen MR) is 116 cm³/mol. The molecule has 0 N–H and O–H groups in total. The quantitative estimate of drug-likeness (QED) is 0.555. The minimum Gasteiger partial charge on any atom is -0.0763 e. The van der Waals surface area contributed by atoms with Gasteiger partial charge < -0.3 is 0 Å². The fourth-order valence-corrected chi connectivity index (χ4v) is 5.36. The highest BCUT2D eigenvalue weighted by Gasteiger charge is 2.55. The van der Waals surface area contributed by atoms with Crippen molar-refractivity contribution in [3.05, 3.63) is 119 Å². The average molecular weight is 353 g/mol. The maximum atomic E-state index is 2.51. The molecule has 0 nitrogen and oxygen atoms in total. The summed E-state index contributed by atoms with van der Waals surface area (Å²) in [6, 6.07) is 22.2. The number of allylic oxidation sites excluding steroid dienone is 8. The van der Waals surface area contributed by atoms with Gasteiger partial charge in [0.15, 0.2) is 0 Å². The van der Waals surface area contributed by atoms with Crippen LogP contribution in [-0.2, 0) is 5.41 Å². The van der Waals surface area contributed by atoms with E-state index in [4.69, 9.17) is 0 Å². The van der Waals surface area contributed by atoms with E-state index in [0.717, 1.165) is 0 Å². The van der Waals surface area contributed by atoms with Crippen LogP contribution < -0.4 is 0 Å². The second-order valence-corrected chi connectivity index (χ2v) is 8.12. The molecule has 0 bridgehead atoms. The molecule has 0 aliphatic heterocycles. The molecule has 0 heterocycles. The van der Waals surface area contributed by atoms with Gasteiger partial charge in [-0.3, -0.25) is 0 Å². The number of hydrogen-bond donors (Lipinski definition) is 0. The van der Waals surface area contributed by atoms with Gasteiger partial charge in [0.05, 0.1) is 0 Å². The lowest BCUT2D eigenvalue weighted by Gasteiger charge is -2.51. The van der Waals surface area contributed by atoms with Gasteiger partial charge in [0.25, 0.3) is 0 Å². The Kier molecular flexibility index (Phi) is 4.30. The van der Waals surface area contributed by atoms with Gasteiger partial charge >= 0.3 is 0 Å². The van der Waals surface area contributed by atoms with Crippen LogP contribution in [0.25, 0.3) is 0 Å². The van der Waals surface area contributed by atoms with Crippen molar-refractivity contribution in [2.24, 2.45) is 11.3 Å². The SMILES string of the molecule is CC1=CC(C)(C(c2ccccc2)(c2ccccc2)C2C=CC=C2)C(C)=C1C. The summed E-state index contributed by atoms with van der Waals surface area (Å²) in [6.45, 7) is 9.28. The van der Waals surface area contributed by atoms with Crippen molar-refractivity contribution in [2.75, 3.05) is 0 Å². The Morgan fingerprint density at radius 2 is 1.22 bits per heavy atom. The first-order chi connectivity index (χ1) is 13.0. The number of benzene rings is 2. The molecular formula is C27H28. The van der Waals surface area contributed by atoms with Crippen LogP contribution in [0.4, 0.5) is 0 Å². The Balaban J connectivity index is 2.13. The summed E-state index contributed by atoms with van der Waals surface area (Å²) >= 11 is 0. The first-order valence-corrected chi connectivity index (χ1v) is 9.85. The topological polar surface area (TPSA) is 0 Å². The minimum absolute atomic E-state index is 0.104. The fraction of sp³-hybridized carbons (Fsp3) is 0.259. The van der Waals surface area contributed by atoms with E-state index in [-0.39, 0.29) is 10.8 Å². The third-order valence-electron chi connectivity index (χ3n) is 6.96. The van der Waals surface area contributed by atoms with Crippen LogP contribution in [0, 0.1) is 11.3 Å². The van der Waals surface area contributed by atoms with Crippen molar-refractivity contribution in [3.8, 4) is 0 Å². The molecule has 2 aromatic rings. The second-order valence-electron chi connectivity index (χ2n) is 8.12. The summed E-state index contributed by atoms with van der Waals surface area (Å²) < 4.78 is 0. The fourth-order valence-electron chi connectivity index (χ4n) is 5.36. The third-order valence-corrected chi connectivity index (χ3v) is 6.96. The molecule has 136 valence electrons. The molecule has 2 aliphatic rings. The van der Waals surface area contributed by atoms with E-state index in [1.165, 1.54) is 27.8 Å². The van der Waals surface area contributed by atoms with Crippen LogP contribution in [0.2, 0.25) is 0 Å². The lowest BCUT2D eigenvalue weighted by Crippen LogP contribution is -2.48. The molecule has 0 heteroatoms. The van der Waals surface area contributed by atoms with E-state index in [1.807, 2.05) is 0 Å². The van der Waals surface area contributed by atoms with Gasteiger partial charge in [0.1, 0.15) is 0 Å². The van der Waals surface area contributed by atoms with E-state index in [2.05, 4.69) is 119 Å². The summed E-state index contributed by atoms with van der Waals surface area (Å²) in [7, 11) is 0. The van der Waals surface area contributed by atoms with Crippen molar-refractivity contribution in [1.82, 2.24) is 0 Å². The minimum atomic E-state index is -0.192. The van der Waals surface area contributed by atoms with E-state index < -0.39 is 0 Å². The summed E-state index contributed by atoms with van der Waals surface area (Å²) in [4.78, 5) is 0. The molecule has 4 rings (SSSR count). The van der Waals surface area contributed by atoms with Crippen LogP contribution >= 0.6 is 0 Å². The van der Waals surface area contributed by atoms with Gasteiger partial charge in [-0.15, -0.1) is 0 Å². The van der Waals surface area contributed by atoms with Gasteiger partial charge in [-0.2, -0.15) is 0 Å². The standard InChI is InChI=1S/C27H28/c1-20-19-26(4,22(3)21(20)2)27(25-17-11-12-18-25,23-13-7-5-8-14-23)24-15-9-6-10-16-24/h5-19,25H,1-4H3. The van der Waals surface area contributed by atoms with Crippen molar-refractivity contribution in [1.29, 1.82) is 0 Å². The third kappa shape index (κ3) is 2.43. The molecule has 0 amide bonds. The molecule has 0 aromatic heterocycles. The van der Waals surface area contributed by atoms with E-state index >= 15 is 0 Å². The van der Waals surface area contributed by atoms with E-state index in [1.54, 1.807) is 0 Å². The molecular weight excluding hydrogens is 324 g/mol. The normalized spacial score (nSPS) is 22.6. The first kappa shape index (κ1) is 17.8. The van der Waals surface area contributed by atoms with Crippen LogP contribution in [0.3, 0.4) is 0 Å². The molecule has 1 unspecified atom stereocenters.